The molecule has 1 aromatic carbocycles. The summed E-state index contributed by atoms with van der Waals surface area (Å²) in [5.41, 5.74) is 0.706. The quantitative estimate of drug-likeness (QED) is 0.660. The topological polar surface area (TPSA) is 70.9 Å². The number of para-hydroxylation sites is 1. The van der Waals surface area contributed by atoms with Crippen LogP contribution in [-0.4, -0.2) is 19.6 Å². The van der Waals surface area contributed by atoms with Gasteiger partial charge < -0.3 is 10.1 Å². The number of aromatic hydroxyl groups is 1. The van der Waals surface area contributed by atoms with Gasteiger partial charge >= 0.3 is 5.69 Å². The Morgan fingerprint density at radius 1 is 1.18 bits per heavy atom. The van der Waals surface area contributed by atoms with E-state index in [-0.39, 0.29) is 11.4 Å². The van der Waals surface area contributed by atoms with E-state index >= 15 is 0 Å². The molecule has 0 unspecified atom stereocenters. The van der Waals surface area contributed by atoms with Crippen molar-refractivity contribution in [2.45, 2.75) is 0 Å². The van der Waals surface area contributed by atoms with Crippen LogP contribution in [0.3, 0.4) is 0 Å². The molecule has 2 N–H and O–H groups in total. The number of phenolic OH excluding ortho intramolecular Hbond substituents is 1. The molecule has 0 aliphatic carbocycles. The van der Waals surface area contributed by atoms with E-state index in [0.717, 1.165) is 0 Å². The van der Waals surface area contributed by atoms with Gasteiger partial charge in [-0.2, -0.15) is 0 Å². The van der Waals surface area contributed by atoms with E-state index in [2.05, 4.69) is 9.97 Å². The van der Waals surface area contributed by atoms with Gasteiger partial charge in [-0.3, -0.25) is 0 Å². The second-order valence-corrected chi connectivity index (χ2v) is 3.62. The first kappa shape index (κ1) is 9.65. The highest BCUT2D eigenvalue weighted by atomic mass is 16.3. The fourth-order valence-electron chi connectivity index (χ4n) is 1.83. The highest BCUT2D eigenvalue weighted by Gasteiger charge is 2.11. The van der Waals surface area contributed by atoms with Crippen molar-refractivity contribution in [3.63, 3.8) is 0 Å². The van der Waals surface area contributed by atoms with Gasteiger partial charge in [-0.15, -0.1) is 0 Å². The first-order valence-corrected chi connectivity index (χ1v) is 5.11. The Kier molecular flexibility index (Phi) is 1.98. The van der Waals surface area contributed by atoms with Crippen LogP contribution in [0.25, 0.3) is 16.9 Å². The molecule has 0 saturated heterocycles. The van der Waals surface area contributed by atoms with Crippen LogP contribution in [0.15, 0.2) is 47.4 Å². The Bertz CT molecular complexity index is 728. The van der Waals surface area contributed by atoms with Crippen molar-refractivity contribution in [2.75, 3.05) is 0 Å². The first-order valence-electron chi connectivity index (χ1n) is 5.11. The molecule has 5 nitrogen and oxygen atoms in total. The number of imidazole rings is 1. The summed E-state index contributed by atoms with van der Waals surface area (Å²) < 4.78 is 1.43. The number of aromatic nitrogens is 3. The molecule has 3 aromatic rings. The number of nitrogens with zero attached hydrogens (tertiary/aromatic N) is 2. The SMILES string of the molecule is O=c1[nH]c2c(O)cccc2n1-c1ccccn1. The fourth-order valence-corrected chi connectivity index (χ4v) is 1.83. The van der Waals surface area contributed by atoms with E-state index in [1.54, 1.807) is 36.5 Å². The van der Waals surface area contributed by atoms with Crippen LogP contribution in [0, 0.1) is 0 Å². The molecule has 2 heterocycles. The number of nitrogens with one attached hydrogen (secondary N) is 1. The Hall–Kier alpha value is -2.56. The number of benzene rings is 1. The second kappa shape index (κ2) is 3.48. The molecule has 3 rings (SSSR count). The lowest BCUT2D eigenvalue weighted by Gasteiger charge is -2.01. The Morgan fingerprint density at radius 3 is 2.82 bits per heavy atom. The summed E-state index contributed by atoms with van der Waals surface area (Å²) in [5.74, 6) is 0.573. The molecule has 0 amide bonds. The zero-order chi connectivity index (χ0) is 11.8. The van der Waals surface area contributed by atoms with Crippen LogP contribution in [0.2, 0.25) is 0 Å². The molecule has 17 heavy (non-hydrogen) atoms. The molecule has 0 bridgehead atoms. The lowest BCUT2D eigenvalue weighted by molar-refractivity contribution is 0.480. The number of aromatic amines is 1. The molecule has 0 fully saturated rings. The van der Waals surface area contributed by atoms with Crippen molar-refractivity contribution in [3.8, 4) is 11.6 Å². The van der Waals surface area contributed by atoms with Gasteiger partial charge in [0.15, 0.2) is 0 Å². The second-order valence-electron chi connectivity index (χ2n) is 3.62. The number of fused-ring (bicyclic) bond motifs is 1. The maximum absolute atomic E-state index is 11.8. The van der Waals surface area contributed by atoms with Crippen LogP contribution >= 0.6 is 0 Å². The highest BCUT2D eigenvalue weighted by molar-refractivity contribution is 5.82. The summed E-state index contributed by atoms with van der Waals surface area (Å²) in [5, 5.41) is 9.65. The normalized spacial score (nSPS) is 10.8. The monoisotopic (exact) mass is 227 g/mol. The van der Waals surface area contributed by atoms with Crippen molar-refractivity contribution in [3.05, 3.63) is 53.1 Å². The molecule has 84 valence electrons. The van der Waals surface area contributed by atoms with Gasteiger partial charge in [-0.05, 0) is 24.3 Å². The van der Waals surface area contributed by atoms with Crippen LogP contribution < -0.4 is 5.69 Å². The van der Waals surface area contributed by atoms with Gasteiger partial charge in [0.05, 0.1) is 5.52 Å². The average Bonchev–Trinajstić information content (AvgIpc) is 2.68. The molecule has 0 radical (unpaired) electrons. The lowest BCUT2D eigenvalue weighted by atomic mass is 10.3. The molecule has 0 atom stereocenters. The standard InChI is InChI=1S/C12H9N3O2/c16-9-5-3-4-8-11(9)14-12(17)15(8)10-6-1-2-7-13-10/h1-7,16H,(H,14,17). The van der Waals surface area contributed by atoms with Gasteiger partial charge in [0.1, 0.15) is 17.1 Å². The largest absolute Gasteiger partial charge is 0.506 e. The van der Waals surface area contributed by atoms with Crippen molar-refractivity contribution in [1.82, 2.24) is 14.5 Å². The zero-order valence-corrected chi connectivity index (χ0v) is 8.79. The summed E-state index contributed by atoms with van der Waals surface area (Å²) in [6.07, 6.45) is 1.61. The summed E-state index contributed by atoms with van der Waals surface area (Å²) in [6.45, 7) is 0. The third kappa shape index (κ3) is 1.40. The molecule has 0 spiro atoms. The van der Waals surface area contributed by atoms with E-state index in [1.807, 2.05) is 0 Å². The maximum atomic E-state index is 11.8. The predicted molar refractivity (Wildman–Crippen MR) is 63.4 cm³/mol. The van der Waals surface area contributed by atoms with Gasteiger partial charge in [0.25, 0.3) is 0 Å². The van der Waals surface area contributed by atoms with Gasteiger partial charge in [0.2, 0.25) is 0 Å². The molecule has 0 aliphatic heterocycles. The molecule has 5 heteroatoms. The maximum Gasteiger partial charge on any atom is 0.332 e. The molecular weight excluding hydrogens is 218 g/mol. The van der Waals surface area contributed by atoms with Crippen LogP contribution in [0.5, 0.6) is 5.75 Å². The number of hydrogen-bond donors (Lipinski definition) is 2. The fraction of sp³-hybridized carbons (Fsp3) is 0. The number of H-pyrrole nitrogens is 1. The van der Waals surface area contributed by atoms with Gasteiger partial charge in [-0.25, -0.2) is 14.3 Å². The Balaban J connectivity index is 2.42. The van der Waals surface area contributed by atoms with Crippen molar-refractivity contribution < 1.29 is 5.11 Å². The summed E-state index contributed by atoms with van der Waals surface area (Å²) >= 11 is 0. The van der Waals surface area contributed by atoms with Crippen LogP contribution in [0.4, 0.5) is 0 Å². The van der Waals surface area contributed by atoms with E-state index in [1.165, 1.54) is 10.6 Å². The lowest BCUT2D eigenvalue weighted by Crippen LogP contribution is -2.15. The minimum Gasteiger partial charge on any atom is -0.506 e. The van der Waals surface area contributed by atoms with Crippen molar-refractivity contribution in [1.29, 1.82) is 0 Å². The minimum absolute atomic E-state index is 0.0503. The Labute approximate surface area is 96.0 Å². The highest BCUT2D eigenvalue weighted by Crippen LogP contribution is 2.22. The van der Waals surface area contributed by atoms with E-state index in [0.29, 0.717) is 16.9 Å². The van der Waals surface area contributed by atoms with Gasteiger partial charge in [0, 0.05) is 6.20 Å². The predicted octanol–water partition coefficient (Wildman–Crippen LogP) is 1.42. The number of pyridine rings is 1. The van der Waals surface area contributed by atoms with E-state index in [9.17, 15) is 9.90 Å². The minimum atomic E-state index is -0.319. The van der Waals surface area contributed by atoms with E-state index < -0.39 is 0 Å². The molecule has 0 saturated carbocycles. The summed E-state index contributed by atoms with van der Waals surface area (Å²) in [4.78, 5) is 18.6. The number of phenols is 1. The van der Waals surface area contributed by atoms with Gasteiger partial charge in [-0.1, -0.05) is 12.1 Å². The first-order chi connectivity index (χ1) is 8.27. The molecular formula is C12H9N3O2. The molecule has 0 aliphatic rings. The smallest absolute Gasteiger partial charge is 0.332 e. The summed E-state index contributed by atoms with van der Waals surface area (Å²) in [6, 6.07) is 10.3. The van der Waals surface area contributed by atoms with Crippen LogP contribution in [0.1, 0.15) is 0 Å². The third-order valence-corrected chi connectivity index (χ3v) is 2.57. The summed E-state index contributed by atoms with van der Waals surface area (Å²) in [7, 11) is 0. The van der Waals surface area contributed by atoms with E-state index in [4.69, 9.17) is 0 Å². The number of hydrogen-bond acceptors (Lipinski definition) is 3. The number of rotatable bonds is 1. The van der Waals surface area contributed by atoms with Crippen LogP contribution in [-0.2, 0) is 0 Å². The Morgan fingerprint density at radius 2 is 2.06 bits per heavy atom. The zero-order valence-electron chi connectivity index (χ0n) is 8.79. The molecule has 2 aromatic heterocycles. The average molecular weight is 227 g/mol. The third-order valence-electron chi connectivity index (χ3n) is 2.57. The van der Waals surface area contributed by atoms with Crippen molar-refractivity contribution >= 4 is 11.0 Å². The van der Waals surface area contributed by atoms with Crippen molar-refractivity contribution in [2.24, 2.45) is 0 Å².